The van der Waals surface area contributed by atoms with Gasteiger partial charge in [0.05, 0.1) is 0 Å². The molecule has 2 aromatic rings. The second kappa shape index (κ2) is 5.70. The first-order chi connectivity index (χ1) is 9.11. The number of carbonyl (C=O) groups excluding carboxylic acids is 1. The van der Waals surface area contributed by atoms with E-state index in [0.29, 0.717) is 17.7 Å². The van der Waals surface area contributed by atoms with Gasteiger partial charge < -0.3 is 4.74 Å². The maximum Gasteiger partial charge on any atom is 0.162 e. The molecule has 2 heteroatoms. The van der Waals surface area contributed by atoms with Gasteiger partial charge in [0, 0.05) is 12.0 Å². The van der Waals surface area contributed by atoms with E-state index in [1.807, 2.05) is 44.2 Å². The predicted octanol–water partition coefficient (Wildman–Crippen LogP) is 4.69. The maximum absolute atomic E-state index is 11.7. The highest BCUT2D eigenvalue weighted by Gasteiger charge is 2.07. The van der Waals surface area contributed by atoms with Crippen molar-refractivity contribution in [1.82, 2.24) is 0 Å². The van der Waals surface area contributed by atoms with Crippen LogP contribution < -0.4 is 4.74 Å². The first kappa shape index (κ1) is 13.3. The van der Waals surface area contributed by atoms with Gasteiger partial charge in [-0.05, 0) is 43.2 Å². The Labute approximate surface area is 114 Å². The van der Waals surface area contributed by atoms with E-state index in [1.54, 1.807) is 6.07 Å². The van der Waals surface area contributed by atoms with Crippen LogP contribution in [0.4, 0.5) is 0 Å². The Kier molecular flexibility index (Phi) is 4.00. The van der Waals surface area contributed by atoms with Gasteiger partial charge in [-0.1, -0.05) is 31.2 Å². The van der Waals surface area contributed by atoms with E-state index < -0.39 is 0 Å². The zero-order valence-corrected chi connectivity index (χ0v) is 11.6. The molecule has 0 saturated carbocycles. The first-order valence-corrected chi connectivity index (χ1v) is 6.49. The molecule has 0 aromatic heterocycles. The number of aryl methyl sites for hydroxylation is 1. The van der Waals surface area contributed by atoms with E-state index >= 15 is 0 Å². The van der Waals surface area contributed by atoms with Crippen LogP contribution >= 0.6 is 0 Å². The maximum atomic E-state index is 11.7. The Morgan fingerprint density at radius 2 is 1.84 bits per heavy atom. The van der Waals surface area contributed by atoms with E-state index in [9.17, 15) is 4.79 Å². The molecule has 0 aliphatic rings. The van der Waals surface area contributed by atoms with Crippen LogP contribution in [0.5, 0.6) is 11.5 Å². The third-order valence-electron chi connectivity index (χ3n) is 3.26. The lowest BCUT2D eigenvalue weighted by Gasteiger charge is -2.11. The molecule has 0 fully saturated rings. The summed E-state index contributed by atoms with van der Waals surface area (Å²) in [6, 6.07) is 13.3. The molecular formula is C17H18O2. The first-order valence-electron chi connectivity index (χ1n) is 6.49. The van der Waals surface area contributed by atoms with E-state index in [1.165, 1.54) is 5.56 Å². The van der Waals surface area contributed by atoms with Crippen molar-refractivity contribution in [2.45, 2.75) is 27.2 Å². The van der Waals surface area contributed by atoms with Gasteiger partial charge in [-0.3, -0.25) is 4.79 Å². The Bertz CT molecular complexity index is 600. The number of hydrogen-bond acceptors (Lipinski definition) is 2. The van der Waals surface area contributed by atoms with Crippen molar-refractivity contribution in [3.8, 4) is 11.5 Å². The van der Waals surface area contributed by atoms with Gasteiger partial charge in [-0.2, -0.15) is 0 Å². The summed E-state index contributed by atoms with van der Waals surface area (Å²) in [6.45, 7) is 5.95. The van der Waals surface area contributed by atoms with Crippen LogP contribution in [0.25, 0.3) is 0 Å². The summed E-state index contributed by atoms with van der Waals surface area (Å²) < 4.78 is 5.87. The van der Waals surface area contributed by atoms with Crippen molar-refractivity contribution >= 4 is 5.78 Å². The summed E-state index contributed by atoms with van der Waals surface area (Å²) in [6.07, 6.45) is 0.507. The molecule has 0 atom stereocenters. The standard InChI is InChI=1S/C17H18O2/c1-4-16(18)14-8-6-9-15(11-14)19-17-10-5-7-12(2)13(17)3/h5-11H,4H2,1-3H3. The highest BCUT2D eigenvalue weighted by Crippen LogP contribution is 2.27. The van der Waals surface area contributed by atoms with Crippen molar-refractivity contribution in [2.24, 2.45) is 0 Å². The number of rotatable bonds is 4. The fraction of sp³-hybridized carbons (Fsp3) is 0.235. The average molecular weight is 254 g/mol. The molecule has 0 unspecified atom stereocenters. The van der Waals surface area contributed by atoms with Gasteiger partial charge in [0.2, 0.25) is 0 Å². The van der Waals surface area contributed by atoms with Gasteiger partial charge >= 0.3 is 0 Å². The minimum atomic E-state index is 0.131. The number of benzene rings is 2. The SMILES string of the molecule is CCC(=O)c1cccc(Oc2cccc(C)c2C)c1. The van der Waals surface area contributed by atoms with Crippen LogP contribution in [-0.4, -0.2) is 5.78 Å². The molecule has 0 aliphatic heterocycles. The fourth-order valence-corrected chi connectivity index (χ4v) is 1.90. The zero-order chi connectivity index (χ0) is 13.8. The zero-order valence-electron chi connectivity index (χ0n) is 11.6. The summed E-state index contributed by atoms with van der Waals surface area (Å²) in [4.78, 5) is 11.7. The lowest BCUT2D eigenvalue weighted by Crippen LogP contribution is -1.97. The van der Waals surface area contributed by atoms with E-state index in [4.69, 9.17) is 4.74 Å². The minimum Gasteiger partial charge on any atom is -0.457 e. The predicted molar refractivity (Wildman–Crippen MR) is 77.1 cm³/mol. The van der Waals surface area contributed by atoms with Crippen molar-refractivity contribution in [3.05, 3.63) is 59.2 Å². The summed E-state index contributed by atoms with van der Waals surface area (Å²) in [5.41, 5.74) is 3.01. The molecule has 0 bridgehead atoms. The second-order valence-corrected chi connectivity index (χ2v) is 4.60. The summed E-state index contributed by atoms with van der Waals surface area (Å²) >= 11 is 0. The Morgan fingerprint density at radius 3 is 2.58 bits per heavy atom. The van der Waals surface area contributed by atoms with Gasteiger partial charge in [0.1, 0.15) is 11.5 Å². The molecule has 2 nitrogen and oxygen atoms in total. The average Bonchev–Trinajstić information content (AvgIpc) is 2.43. The van der Waals surface area contributed by atoms with Gasteiger partial charge in [-0.15, -0.1) is 0 Å². The van der Waals surface area contributed by atoms with Gasteiger partial charge in [-0.25, -0.2) is 0 Å². The molecule has 0 heterocycles. The normalized spacial score (nSPS) is 10.3. The summed E-state index contributed by atoms with van der Waals surface area (Å²) in [5.74, 6) is 1.67. The Morgan fingerprint density at radius 1 is 1.11 bits per heavy atom. The topological polar surface area (TPSA) is 26.3 Å². The fourth-order valence-electron chi connectivity index (χ4n) is 1.90. The second-order valence-electron chi connectivity index (χ2n) is 4.60. The van der Waals surface area contributed by atoms with E-state index in [-0.39, 0.29) is 5.78 Å². The van der Waals surface area contributed by atoms with Crippen molar-refractivity contribution in [3.63, 3.8) is 0 Å². The van der Waals surface area contributed by atoms with Crippen LogP contribution in [0.2, 0.25) is 0 Å². The Balaban J connectivity index is 2.28. The number of ether oxygens (including phenoxy) is 1. The number of Topliss-reactive ketones (excluding diaryl/α,β-unsaturated/α-hetero) is 1. The Hall–Kier alpha value is -2.09. The van der Waals surface area contributed by atoms with Crippen LogP contribution in [0.1, 0.15) is 34.8 Å². The molecule has 0 amide bonds. The number of carbonyl (C=O) groups is 1. The summed E-state index contributed by atoms with van der Waals surface area (Å²) in [7, 11) is 0. The highest BCUT2D eigenvalue weighted by molar-refractivity contribution is 5.96. The quantitative estimate of drug-likeness (QED) is 0.740. The van der Waals surface area contributed by atoms with Crippen molar-refractivity contribution in [2.75, 3.05) is 0 Å². The molecule has 2 rings (SSSR count). The third-order valence-corrected chi connectivity index (χ3v) is 3.26. The molecule has 0 spiro atoms. The van der Waals surface area contributed by atoms with Crippen LogP contribution in [0, 0.1) is 13.8 Å². The van der Waals surface area contributed by atoms with Crippen LogP contribution in [0.15, 0.2) is 42.5 Å². The lowest BCUT2D eigenvalue weighted by atomic mass is 10.1. The van der Waals surface area contributed by atoms with E-state index in [0.717, 1.165) is 11.3 Å². The third kappa shape index (κ3) is 3.02. The molecule has 0 N–H and O–H groups in total. The molecule has 0 saturated heterocycles. The van der Waals surface area contributed by atoms with Crippen molar-refractivity contribution in [1.29, 1.82) is 0 Å². The lowest BCUT2D eigenvalue weighted by molar-refractivity contribution is 0.0988. The van der Waals surface area contributed by atoms with Gasteiger partial charge in [0.15, 0.2) is 5.78 Å². The smallest absolute Gasteiger partial charge is 0.162 e. The minimum absolute atomic E-state index is 0.131. The molecule has 2 aromatic carbocycles. The molecule has 19 heavy (non-hydrogen) atoms. The van der Waals surface area contributed by atoms with Crippen LogP contribution in [-0.2, 0) is 0 Å². The van der Waals surface area contributed by atoms with E-state index in [2.05, 4.69) is 13.0 Å². The molecule has 98 valence electrons. The summed E-state index contributed by atoms with van der Waals surface area (Å²) in [5, 5.41) is 0. The van der Waals surface area contributed by atoms with Crippen molar-refractivity contribution < 1.29 is 9.53 Å². The monoisotopic (exact) mass is 254 g/mol. The van der Waals surface area contributed by atoms with Gasteiger partial charge in [0.25, 0.3) is 0 Å². The van der Waals surface area contributed by atoms with Crippen LogP contribution in [0.3, 0.4) is 0 Å². The molecule has 0 aliphatic carbocycles. The number of hydrogen-bond donors (Lipinski definition) is 0. The highest BCUT2D eigenvalue weighted by atomic mass is 16.5. The largest absolute Gasteiger partial charge is 0.457 e. The molecular weight excluding hydrogens is 236 g/mol. The number of ketones is 1. The molecule has 0 radical (unpaired) electrons.